The molecule has 1 fully saturated rings. The lowest BCUT2D eigenvalue weighted by atomic mass is 10.2. The summed E-state index contributed by atoms with van der Waals surface area (Å²) < 4.78 is 7.21. The Morgan fingerprint density at radius 1 is 1.47 bits per heavy atom. The van der Waals surface area contributed by atoms with Gasteiger partial charge in [0.1, 0.15) is 0 Å². The van der Waals surface area contributed by atoms with Crippen molar-refractivity contribution in [2.24, 2.45) is 0 Å². The molecule has 0 radical (unpaired) electrons. The molecule has 0 unspecified atom stereocenters. The highest BCUT2D eigenvalue weighted by Crippen LogP contribution is 2.14. The van der Waals surface area contributed by atoms with Crippen LogP contribution in [-0.2, 0) is 4.74 Å². The summed E-state index contributed by atoms with van der Waals surface area (Å²) in [6, 6.07) is 0. The molecule has 17 heavy (non-hydrogen) atoms. The fourth-order valence-corrected chi connectivity index (χ4v) is 1.89. The summed E-state index contributed by atoms with van der Waals surface area (Å²) >= 11 is 0. The number of hydrogen-bond donors (Lipinski definition) is 2. The third-order valence-corrected chi connectivity index (χ3v) is 2.95. The number of H-pyrrole nitrogens is 1. The largest absolute Gasteiger partial charge is 0.352 e. The number of aryl methyl sites for hydroxylation is 1. The van der Waals surface area contributed by atoms with Gasteiger partial charge in [-0.1, -0.05) is 6.92 Å². The summed E-state index contributed by atoms with van der Waals surface area (Å²) in [5.74, 6) is 0. The lowest BCUT2D eigenvalue weighted by Gasteiger charge is -2.31. The first-order valence-corrected chi connectivity index (χ1v) is 5.80. The zero-order valence-electron chi connectivity index (χ0n) is 10.0. The Bertz CT molecular complexity index is 505. The molecule has 6 heteroatoms. The van der Waals surface area contributed by atoms with Gasteiger partial charge >= 0.3 is 5.69 Å². The fraction of sp³-hybridized carbons (Fsp3) is 0.636. The number of rotatable bonds is 2. The Morgan fingerprint density at radius 3 is 2.94 bits per heavy atom. The maximum absolute atomic E-state index is 11.7. The van der Waals surface area contributed by atoms with Crippen molar-refractivity contribution in [2.45, 2.75) is 32.6 Å². The minimum absolute atomic E-state index is 0.105. The molecular weight excluding hydrogens is 222 g/mol. The SMILES string of the molecule is CC[C@@H]1CNC[C@H](n2cc(C)c(=O)[nH]c2=O)O1. The third kappa shape index (κ3) is 2.48. The molecular formula is C11H17N3O3. The van der Waals surface area contributed by atoms with Gasteiger partial charge in [-0.15, -0.1) is 0 Å². The van der Waals surface area contributed by atoms with Crippen LogP contribution in [0.1, 0.15) is 25.1 Å². The van der Waals surface area contributed by atoms with E-state index >= 15 is 0 Å². The molecule has 0 aromatic carbocycles. The summed E-state index contributed by atoms with van der Waals surface area (Å²) in [6.45, 7) is 5.07. The molecule has 1 saturated heterocycles. The molecule has 2 heterocycles. The normalized spacial score (nSPS) is 24.8. The average molecular weight is 239 g/mol. The van der Waals surface area contributed by atoms with Crippen LogP contribution in [0, 0.1) is 6.92 Å². The summed E-state index contributed by atoms with van der Waals surface area (Å²) in [4.78, 5) is 25.2. The van der Waals surface area contributed by atoms with E-state index < -0.39 is 5.69 Å². The number of hydrogen-bond acceptors (Lipinski definition) is 4. The first kappa shape index (κ1) is 12.1. The van der Waals surface area contributed by atoms with Crippen LogP contribution in [0.25, 0.3) is 0 Å². The van der Waals surface area contributed by atoms with Crippen LogP contribution in [0.2, 0.25) is 0 Å². The van der Waals surface area contributed by atoms with Crippen LogP contribution < -0.4 is 16.6 Å². The first-order valence-electron chi connectivity index (χ1n) is 5.80. The molecule has 1 aliphatic rings. The second-order valence-corrected chi connectivity index (χ2v) is 4.26. The lowest BCUT2D eigenvalue weighted by Crippen LogP contribution is -2.46. The van der Waals surface area contributed by atoms with Gasteiger partial charge in [0.15, 0.2) is 6.23 Å². The van der Waals surface area contributed by atoms with Gasteiger partial charge in [0, 0.05) is 24.8 Å². The molecule has 0 bridgehead atoms. The van der Waals surface area contributed by atoms with E-state index in [1.165, 1.54) is 4.57 Å². The van der Waals surface area contributed by atoms with Crippen LogP contribution in [0.4, 0.5) is 0 Å². The number of ether oxygens (including phenoxy) is 1. The Kier molecular flexibility index (Phi) is 3.44. The first-order chi connectivity index (χ1) is 8.11. The molecule has 0 amide bonds. The highest BCUT2D eigenvalue weighted by atomic mass is 16.5. The average Bonchev–Trinajstić information content (AvgIpc) is 2.34. The topological polar surface area (TPSA) is 76.1 Å². The van der Waals surface area contributed by atoms with Crippen LogP contribution in [0.15, 0.2) is 15.8 Å². The predicted molar refractivity (Wildman–Crippen MR) is 63.1 cm³/mol. The van der Waals surface area contributed by atoms with Gasteiger partial charge in [-0.25, -0.2) is 4.79 Å². The zero-order chi connectivity index (χ0) is 12.4. The standard InChI is InChI=1S/C11H17N3O3/c1-3-8-4-12-5-9(17-8)14-6-7(2)10(15)13-11(14)16/h6,8-9,12H,3-5H2,1-2H3,(H,13,15,16)/t8-,9-/m1/s1. The van der Waals surface area contributed by atoms with E-state index in [4.69, 9.17) is 4.74 Å². The number of aromatic nitrogens is 2. The van der Waals surface area contributed by atoms with Crippen molar-refractivity contribution in [3.63, 3.8) is 0 Å². The Hall–Kier alpha value is -1.40. The van der Waals surface area contributed by atoms with E-state index in [2.05, 4.69) is 10.3 Å². The van der Waals surface area contributed by atoms with Crippen LogP contribution >= 0.6 is 0 Å². The number of nitrogens with one attached hydrogen (secondary N) is 2. The van der Waals surface area contributed by atoms with Crippen molar-refractivity contribution in [3.8, 4) is 0 Å². The van der Waals surface area contributed by atoms with E-state index in [-0.39, 0.29) is 17.9 Å². The third-order valence-electron chi connectivity index (χ3n) is 2.95. The minimum atomic E-state index is -0.427. The second-order valence-electron chi connectivity index (χ2n) is 4.26. The Morgan fingerprint density at radius 2 is 2.24 bits per heavy atom. The summed E-state index contributed by atoms with van der Waals surface area (Å²) in [7, 11) is 0. The van der Waals surface area contributed by atoms with Crippen LogP contribution in [-0.4, -0.2) is 28.7 Å². The van der Waals surface area contributed by atoms with Gasteiger partial charge in [-0.2, -0.15) is 0 Å². The summed E-state index contributed by atoms with van der Waals surface area (Å²) in [5, 5.41) is 3.22. The molecule has 1 aromatic heterocycles. The van der Waals surface area contributed by atoms with Crippen molar-refractivity contribution >= 4 is 0 Å². The molecule has 2 rings (SSSR count). The lowest BCUT2D eigenvalue weighted by molar-refractivity contribution is -0.0800. The van der Waals surface area contributed by atoms with E-state index in [1.807, 2.05) is 6.92 Å². The minimum Gasteiger partial charge on any atom is -0.352 e. The quantitative estimate of drug-likeness (QED) is 0.745. The van der Waals surface area contributed by atoms with Crippen LogP contribution in [0.3, 0.4) is 0 Å². The van der Waals surface area contributed by atoms with Crippen LogP contribution in [0.5, 0.6) is 0 Å². The highest BCUT2D eigenvalue weighted by Gasteiger charge is 2.23. The van der Waals surface area contributed by atoms with Crippen molar-refractivity contribution in [1.82, 2.24) is 14.9 Å². The van der Waals surface area contributed by atoms with Gasteiger partial charge in [0.2, 0.25) is 0 Å². The second kappa shape index (κ2) is 4.85. The summed E-state index contributed by atoms with van der Waals surface area (Å²) in [5.41, 5.74) is -0.266. The number of aromatic amines is 1. The number of nitrogens with zero attached hydrogens (tertiary/aromatic N) is 1. The monoisotopic (exact) mass is 239 g/mol. The van der Waals surface area contributed by atoms with E-state index in [0.717, 1.165) is 13.0 Å². The highest BCUT2D eigenvalue weighted by molar-refractivity contribution is 5.01. The van der Waals surface area contributed by atoms with Gasteiger partial charge in [-0.05, 0) is 13.3 Å². The van der Waals surface area contributed by atoms with Crippen molar-refractivity contribution in [3.05, 3.63) is 32.6 Å². The van der Waals surface area contributed by atoms with Gasteiger partial charge in [0.05, 0.1) is 6.10 Å². The predicted octanol–water partition coefficient (Wildman–Crippen LogP) is -0.258. The fourth-order valence-electron chi connectivity index (χ4n) is 1.89. The zero-order valence-corrected chi connectivity index (χ0v) is 10.0. The molecule has 0 aliphatic carbocycles. The molecule has 94 valence electrons. The van der Waals surface area contributed by atoms with E-state index in [9.17, 15) is 9.59 Å². The maximum Gasteiger partial charge on any atom is 0.330 e. The molecule has 0 saturated carbocycles. The van der Waals surface area contributed by atoms with E-state index in [1.54, 1.807) is 13.1 Å². The molecule has 1 aromatic rings. The van der Waals surface area contributed by atoms with Crippen molar-refractivity contribution in [2.75, 3.05) is 13.1 Å². The van der Waals surface area contributed by atoms with Gasteiger partial charge in [-0.3, -0.25) is 14.3 Å². The van der Waals surface area contributed by atoms with Gasteiger partial charge in [0.25, 0.3) is 5.56 Å². The smallest absolute Gasteiger partial charge is 0.330 e. The molecule has 2 N–H and O–H groups in total. The van der Waals surface area contributed by atoms with Gasteiger partial charge < -0.3 is 10.1 Å². The Balaban J connectivity index is 2.31. The Labute approximate surface area is 98.6 Å². The summed E-state index contributed by atoms with van der Waals surface area (Å²) in [6.07, 6.45) is 2.19. The molecule has 0 spiro atoms. The molecule has 1 aliphatic heterocycles. The van der Waals surface area contributed by atoms with Crippen molar-refractivity contribution < 1.29 is 4.74 Å². The maximum atomic E-state index is 11.7. The van der Waals surface area contributed by atoms with E-state index in [0.29, 0.717) is 12.1 Å². The molecule has 2 atom stereocenters. The number of morpholine rings is 1. The van der Waals surface area contributed by atoms with Crippen molar-refractivity contribution in [1.29, 1.82) is 0 Å². The molecule has 6 nitrogen and oxygen atoms in total.